The Morgan fingerprint density at radius 2 is 2.44 bits per heavy atom. The zero-order valence-electron chi connectivity index (χ0n) is 10.2. The van der Waals surface area contributed by atoms with E-state index in [0.717, 1.165) is 6.42 Å². The summed E-state index contributed by atoms with van der Waals surface area (Å²) in [4.78, 5) is 13.5. The van der Waals surface area contributed by atoms with Gasteiger partial charge < -0.3 is 10.1 Å². The van der Waals surface area contributed by atoms with E-state index in [1.807, 2.05) is 0 Å². The number of urea groups is 1. The summed E-state index contributed by atoms with van der Waals surface area (Å²) in [7, 11) is 1.68. The second-order valence-electron chi connectivity index (χ2n) is 4.23. The molecule has 1 unspecified atom stereocenters. The highest BCUT2D eigenvalue weighted by Crippen LogP contribution is 2.15. The van der Waals surface area contributed by atoms with Crippen molar-refractivity contribution in [3.05, 3.63) is 29.8 Å². The fourth-order valence-corrected chi connectivity index (χ4v) is 1.82. The van der Waals surface area contributed by atoms with E-state index in [2.05, 4.69) is 11.4 Å². The smallest absolute Gasteiger partial charge is 0.321 e. The van der Waals surface area contributed by atoms with Crippen LogP contribution in [0.3, 0.4) is 0 Å². The number of hydrogen-bond donors (Lipinski definition) is 1. The molecule has 0 saturated carbocycles. The molecule has 1 heterocycles. The first-order valence-electron chi connectivity index (χ1n) is 5.83. The van der Waals surface area contributed by atoms with Crippen molar-refractivity contribution in [3.8, 4) is 6.07 Å². The molecule has 1 fully saturated rings. The van der Waals surface area contributed by atoms with Gasteiger partial charge in [0.05, 0.1) is 24.3 Å². The van der Waals surface area contributed by atoms with Crippen molar-refractivity contribution in [2.45, 2.75) is 12.5 Å². The molecule has 5 heteroatoms. The molecule has 0 radical (unpaired) electrons. The minimum absolute atomic E-state index is 0.0825. The molecular formula is C13H15N3O2. The lowest BCUT2D eigenvalue weighted by Crippen LogP contribution is -2.43. The first-order chi connectivity index (χ1) is 8.70. The second kappa shape index (κ2) is 5.52. The lowest BCUT2D eigenvalue weighted by molar-refractivity contribution is 0.189. The van der Waals surface area contributed by atoms with Crippen molar-refractivity contribution >= 4 is 11.7 Å². The van der Waals surface area contributed by atoms with Crippen molar-refractivity contribution < 1.29 is 9.53 Å². The molecule has 1 saturated heterocycles. The SMILES string of the molecule is CN(C(=O)NC1CCOC1)c1cccc(C#N)c1. The minimum Gasteiger partial charge on any atom is -0.379 e. The van der Waals surface area contributed by atoms with Crippen molar-refractivity contribution in [1.29, 1.82) is 5.26 Å². The number of nitrogens with one attached hydrogen (secondary N) is 1. The van der Waals surface area contributed by atoms with E-state index >= 15 is 0 Å². The van der Waals surface area contributed by atoms with Crippen LogP contribution in [-0.2, 0) is 4.74 Å². The van der Waals surface area contributed by atoms with E-state index in [-0.39, 0.29) is 12.1 Å². The normalized spacial score (nSPS) is 18.1. The number of hydrogen-bond acceptors (Lipinski definition) is 3. The van der Waals surface area contributed by atoms with E-state index < -0.39 is 0 Å². The highest BCUT2D eigenvalue weighted by atomic mass is 16.5. The summed E-state index contributed by atoms with van der Waals surface area (Å²) < 4.78 is 5.20. The Balaban J connectivity index is 2.03. The minimum atomic E-state index is -0.180. The molecule has 1 aliphatic heterocycles. The average Bonchev–Trinajstić information content (AvgIpc) is 2.90. The van der Waals surface area contributed by atoms with Gasteiger partial charge in [-0.15, -0.1) is 0 Å². The summed E-state index contributed by atoms with van der Waals surface area (Å²) in [5.41, 5.74) is 1.24. The molecule has 94 valence electrons. The Hall–Kier alpha value is -2.06. The maximum absolute atomic E-state index is 12.0. The molecule has 1 aliphatic rings. The van der Waals surface area contributed by atoms with Gasteiger partial charge in [-0.05, 0) is 24.6 Å². The first kappa shape index (κ1) is 12.4. The first-order valence-corrected chi connectivity index (χ1v) is 5.83. The van der Waals surface area contributed by atoms with Crippen LogP contribution in [0.25, 0.3) is 0 Å². The van der Waals surface area contributed by atoms with Crippen molar-refractivity contribution in [2.75, 3.05) is 25.2 Å². The number of nitriles is 1. The number of amides is 2. The largest absolute Gasteiger partial charge is 0.379 e. The molecule has 2 rings (SSSR count). The van der Waals surface area contributed by atoms with Gasteiger partial charge in [0.1, 0.15) is 0 Å². The number of carbonyl (C=O) groups excluding carboxylic acids is 1. The van der Waals surface area contributed by atoms with Crippen LogP contribution in [-0.4, -0.2) is 32.3 Å². The molecule has 0 spiro atoms. The quantitative estimate of drug-likeness (QED) is 0.858. The number of ether oxygens (including phenoxy) is 1. The van der Waals surface area contributed by atoms with E-state index in [9.17, 15) is 4.79 Å². The van der Waals surface area contributed by atoms with Gasteiger partial charge >= 0.3 is 6.03 Å². The molecular weight excluding hydrogens is 230 g/mol. The van der Waals surface area contributed by atoms with Gasteiger partial charge in [0, 0.05) is 19.3 Å². The zero-order valence-corrected chi connectivity index (χ0v) is 10.2. The van der Waals surface area contributed by atoms with Gasteiger partial charge in [-0.3, -0.25) is 4.90 Å². The van der Waals surface area contributed by atoms with E-state index in [1.54, 1.807) is 31.3 Å². The summed E-state index contributed by atoms with van der Waals surface area (Å²) in [6.07, 6.45) is 0.845. The Labute approximate surface area is 106 Å². The molecule has 18 heavy (non-hydrogen) atoms. The summed E-state index contributed by atoms with van der Waals surface area (Å²) in [5.74, 6) is 0. The molecule has 2 amide bonds. The standard InChI is InChI=1S/C13H15N3O2/c1-16(12-4-2-3-10(7-12)8-14)13(17)15-11-5-6-18-9-11/h2-4,7,11H,5-6,9H2,1H3,(H,15,17). The topological polar surface area (TPSA) is 65.4 Å². The van der Waals surface area contributed by atoms with Gasteiger partial charge in [-0.2, -0.15) is 5.26 Å². The Morgan fingerprint density at radius 3 is 3.11 bits per heavy atom. The Kier molecular flexibility index (Phi) is 3.80. The Morgan fingerprint density at radius 1 is 1.61 bits per heavy atom. The number of anilines is 1. The maximum Gasteiger partial charge on any atom is 0.321 e. The summed E-state index contributed by atoms with van der Waals surface area (Å²) >= 11 is 0. The van der Waals surface area contributed by atoms with Crippen LogP contribution < -0.4 is 10.2 Å². The van der Waals surface area contributed by atoms with Crippen molar-refractivity contribution in [3.63, 3.8) is 0 Å². The molecule has 0 bridgehead atoms. The molecule has 0 aliphatic carbocycles. The third kappa shape index (κ3) is 2.79. The van der Waals surface area contributed by atoms with Gasteiger partial charge in [0.2, 0.25) is 0 Å². The fourth-order valence-electron chi connectivity index (χ4n) is 1.82. The second-order valence-corrected chi connectivity index (χ2v) is 4.23. The third-order valence-electron chi connectivity index (χ3n) is 2.92. The molecule has 5 nitrogen and oxygen atoms in total. The van der Waals surface area contributed by atoms with Crippen LogP contribution in [0.1, 0.15) is 12.0 Å². The fraction of sp³-hybridized carbons (Fsp3) is 0.385. The van der Waals surface area contributed by atoms with Gasteiger partial charge in [-0.1, -0.05) is 6.07 Å². The lowest BCUT2D eigenvalue weighted by Gasteiger charge is -2.20. The highest BCUT2D eigenvalue weighted by molar-refractivity contribution is 5.91. The average molecular weight is 245 g/mol. The van der Waals surface area contributed by atoms with E-state index in [0.29, 0.717) is 24.5 Å². The lowest BCUT2D eigenvalue weighted by atomic mass is 10.2. The zero-order chi connectivity index (χ0) is 13.0. The van der Waals surface area contributed by atoms with Crippen LogP contribution in [0.15, 0.2) is 24.3 Å². The molecule has 1 N–H and O–H groups in total. The predicted octanol–water partition coefficient (Wildman–Crippen LogP) is 1.49. The summed E-state index contributed by atoms with van der Waals surface area (Å²) in [6.45, 7) is 1.26. The van der Waals surface area contributed by atoms with Crippen LogP contribution >= 0.6 is 0 Å². The van der Waals surface area contributed by atoms with Crippen LogP contribution in [0.2, 0.25) is 0 Å². The predicted molar refractivity (Wildman–Crippen MR) is 67.3 cm³/mol. The van der Waals surface area contributed by atoms with Crippen LogP contribution in [0.5, 0.6) is 0 Å². The van der Waals surface area contributed by atoms with Gasteiger partial charge in [0.25, 0.3) is 0 Å². The monoisotopic (exact) mass is 245 g/mol. The Bertz CT molecular complexity index is 475. The van der Waals surface area contributed by atoms with E-state index in [1.165, 1.54) is 4.90 Å². The third-order valence-corrected chi connectivity index (χ3v) is 2.92. The maximum atomic E-state index is 12.0. The summed E-state index contributed by atoms with van der Waals surface area (Å²) in [6, 6.07) is 8.91. The highest BCUT2D eigenvalue weighted by Gasteiger charge is 2.20. The number of rotatable bonds is 2. The van der Waals surface area contributed by atoms with Crippen molar-refractivity contribution in [1.82, 2.24) is 5.32 Å². The van der Waals surface area contributed by atoms with E-state index in [4.69, 9.17) is 10.00 Å². The number of carbonyl (C=O) groups is 1. The molecule has 0 aromatic heterocycles. The van der Waals surface area contributed by atoms with Crippen molar-refractivity contribution in [2.24, 2.45) is 0 Å². The summed E-state index contributed by atoms with van der Waals surface area (Å²) in [5, 5.41) is 11.7. The molecule has 1 aromatic carbocycles. The molecule has 1 aromatic rings. The number of nitrogens with zero attached hydrogens (tertiary/aromatic N) is 2. The van der Waals surface area contributed by atoms with Crippen LogP contribution in [0, 0.1) is 11.3 Å². The van der Waals surface area contributed by atoms with Gasteiger partial charge in [0.15, 0.2) is 0 Å². The van der Waals surface area contributed by atoms with Crippen LogP contribution in [0.4, 0.5) is 10.5 Å². The molecule has 1 atom stereocenters. The number of benzene rings is 1. The van der Waals surface area contributed by atoms with Gasteiger partial charge in [-0.25, -0.2) is 4.79 Å².